The van der Waals surface area contributed by atoms with Crippen molar-refractivity contribution in [1.29, 1.82) is 0 Å². The first-order valence-electron chi connectivity index (χ1n) is 8.64. The highest BCUT2D eigenvalue weighted by Crippen LogP contribution is 2.18. The Labute approximate surface area is 145 Å². The number of piperidine rings is 1. The third-order valence-electron chi connectivity index (χ3n) is 3.60. The molecule has 1 aliphatic heterocycles. The number of nitrogens with zero attached hydrogens (tertiary/aromatic N) is 3. The van der Waals surface area contributed by atoms with E-state index in [1.165, 1.54) is 6.07 Å². The van der Waals surface area contributed by atoms with Crippen LogP contribution >= 0.6 is 0 Å². The number of nitrogens with one attached hydrogen (secondary N) is 1. The number of hydrogen-bond acceptors (Lipinski definition) is 3. The molecule has 0 radical (unpaired) electrons. The lowest BCUT2D eigenvalue weighted by molar-refractivity contribution is 0.330. The summed E-state index contributed by atoms with van der Waals surface area (Å²) in [6, 6.07) is 7.11. The Hall–Kier alpha value is -2.17. The lowest BCUT2D eigenvalue weighted by Crippen LogP contribution is -2.38. The Morgan fingerprint density at radius 2 is 1.92 bits per heavy atom. The highest BCUT2D eigenvalue weighted by molar-refractivity contribution is 5.92. The highest BCUT2D eigenvalue weighted by atomic mass is 19.1. The number of anilines is 1. The van der Waals surface area contributed by atoms with Crippen molar-refractivity contribution in [2.24, 2.45) is 10.2 Å². The Kier molecular flexibility index (Phi) is 9.42. The maximum Gasteiger partial charge on any atom is 0.146 e. The second kappa shape index (κ2) is 11.4. The zero-order chi connectivity index (χ0) is 17.8. The molecule has 1 aliphatic rings. The maximum absolute atomic E-state index is 13.6. The average Bonchev–Trinajstić information content (AvgIpc) is 2.60. The molecule has 1 heterocycles. The van der Waals surface area contributed by atoms with E-state index in [9.17, 15) is 4.39 Å². The summed E-state index contributed by atoms with van der Waals surface area (Å²) in [5, 5.41) is 11.5. The second-order valence-corrected chi connectivity index (χ2v) is 5.41. The topological polar surface area (TPSA) is 40.0 Å². The van der Waals surface area contributed by atoms with Crippen LogP contribution in [0.5, 0.6) is 0 Å². The summed E-state index contributed by atoms with van der Waals surface area (Å²) in [6.07, 6.45) is 7.55. The summed E-state index contributed by atoms with van der Waals surface area (Å²) >= 11 is 0. The van der Waals surface area contributed by atoms with Crippen molar-refractivity contribution in [3.8, 4) is 0 Å². The van der Waals surface area contributed by atoms with Crippen LogP contribution in [0.25, 0.3) is 0 Å². The van der Waals surface area contributed by atoms with Gasteiger partial charge in [0.15, 0.2) is 0 Å². The van der Waals surface area contributed by atoms with Crippen molar-refractivity contribution >= 4 is 17.7 Å². The second-order valence-electron chi connectivity index (χ2n) is 5.41. The minimum atomic E-state index is -0.194. The zero-order valence-corrected chi connectivity index (χ0v) is 15.2. The molecule has 24 heavy (non-hydrogen) atoms. The molecule has 1 fully saturated rings. The van der Waals surface area contributed by atoms with E-state index in [-0.39, 0.29) is 5.82 Å². The van der Waals surface area contributed by atoms with Crippen molar-refractivity contribution in [1.82, 2.24) is 4.90 Å². The summed E-state index contributed by atoms with van der Waals surface area (Å²) < 4.78 is 13.6. The summed E-state index contributed by atoms with van der Waals surface area (Å²) in [6.45, 7) is 9.67. The quantitative estimate of drug-likeness (QED) is 0.482. The van der Waals surface area contributed by atoms with Crippen molar-refractivity contribution in [3.05, 3.63) is 42.2 Å². The van der Waals surface area contributed by atoms with Crippen LogP contribution in [0.4, 0.5) is 10.1 Å². The fourth-order valence-electron chi connectivity index (χ4n) is 2.42. The van der Waals surface area contributed by atoms with Gasteiger partial charge in [0.1, 0.15) is 12.2 Å². The van der Waals surface area contributed by atoms with Gasteiger partial charge in [-0.15, -0.1) is 5.10 Å². The fourth-order valence-corrected chi connectivity index (χ4v) is 2.42. The van der Waals surface area contributed by atoms with Crippen LogP contribution in [0.1, 0.15) is 40.5 Å². The van der Waals surface area contributed by atoms with E-state index in [4.69, 9.17) is 0 Å². The predicted octanol–water partition coefficient (Wildman–Crippen LogP) is 4.71. The number of rotatable bonds is 5. The Morgan fingerprint density at radius 3 is 2.54 bits per heavy atom. The normalized spacial score (nSPS) is 16.4. The van der Waals surface area contributed by atoms with Crippen LogP contribution in [0.15, 0.2) is 46.6 Å². The lowest BCUT2D eigenvalue weighted by Gasteiger charge is -2.31. The van der Waals surface area contributed by atoms with Gasteiger partial charge in [0, 0.05) is 19.1 Å². The van der Waals surface area contributed by atoms with E-state index in [1.54, 1.807) is 18.5 Å². The molecule has 132 valence electrons. The number of likely N-dealkylation sites (tertiary alicyclic amines) is 1. The molecule has 1 aromatic rings. The van der Waals surface area contributed by atoms with Gasteiger partial charge in [0.25, 0.3) is 0 Å². The molecule has 1 saturated heterocycles. The fraction of sp³-hybridized carbons (Fsp3) is 0.474. The smallest absolute Gasteiger partial charge is 0.146 e. The highest BCUT2D eigenvalue weighted by Gasteiger charge is 2.18. The van der Waals surface area contributed by atoms with E-state index in [1.807, 2.05) is 45.9 Å². The van der Waals surface area contributed by atoms with Gasteiger partial charge in [-0.2, -0.15) is 5.10 Å². The van der Waals surface area contributed by atoms with Gasteiger partial charge in [0.2, 0.25) is 0 Å². The third kappa shape index (κ3) is 6.94. The molecular formula is C19H29FN4. The largest absolute Gasteiger partial charge is 0.380 e. The maximum atomic E-state index is 13.6. The Bertz CT molecular complexity index is 558. The molecule has 1 N–H and O–H groups in total. The molecule has 1 aromatic carbocycles. The van der Waals surface area contributed by atoms with E-state index in [0.717, 1.165) is 31.6 Å². The minimum Gasteiger partial charge on any atom is -0.380 e. The first-order chi connectivity index (χ1) is 11.7. The van der Waals surface area contributed by atoms with Crippen molar-refractivity contribution in [3.63, 3.8) is 0 Å². The molecule has 0 aliphatic carbocycles. The Balaban J connectivity index is 0.00000139. The van der Waals surface area contributed by atoms with Gasteiger partial charge in [0.05, 0.1) is 11.4 Å². The molecule has 0 saturated carbocycles. The van der Waals surface area contributed by atoms with Crippen LogP contribution in [-0.4, -0.2) is 36.1 Å². The molecule has 4 nitrogen and oxygen atoms in total. The molecule has 5 heteroatoms. The molecule has 0 amide bonds. The minimum absolute atomic E-state index is 0.194. The van der Waals surface area contributed by atoms with Crippen LogP contribution in [-0.2, 0) is 0 Å². The standard InChI is InChI=1S/C17H23FN4.C2H6/c1-3-6-14(2)21-19-13-22-11-9-15(10-12-22)20-17-8-5-4-7-16(17)18;1-2/h3-8,13,15,20H,9-12H2,1-2H3;1-2H3/b6-3-,19-13+,21-14-;. The van der Waals surface area contributed by atoms with E-state index in [2.05, 4.69) is 20.4 Å². The van der Waals surface area contributed by atoms with Gasteiger partial charge < -0.3 is 10.2 Å². The molecule has 2 rings (SSSR count). The van der Waals surface area contributed by atoms with Gasteiger partial charge in [-0.05, 0) is 44.9 Å². The number of para-hydroxylation sites is 1. The van der Waals surface area contributed by atoms with Gasteiger partial charge in [-0.25, -0.2) is 4.39 Å². The molecule has 0 unspecified atom stereocenters. The summed E-state index contributed by atoms with van der Waals surface area (Å²) in [4.78, 5) is 2.14. The number of benzene rings is 1. The van der Waals surface area contributed by atoms with Crippen molar-refractivity contribution in [2.45, 2.75) is 46.6 Å². The predicted molar refractivity (Wildman–Crippen MR) is 102 cm³/mol. The van der Waals surface area contributed by atoms with E-state index >= 15 is 0 Å². The monoisotopic (exact) mass is 332 g/mol. The summed E-state index contributed by atoms with van der Waals surface area (Å²) in [5.74, 6) is -0.194. The number of halogens is 1. The number of allylic oxidation sites excluding steroid dienone is 2. The third-order valence-corrected chi connectivity index (χ3v) is 3.60. The van der Waals surface area contributed by atoms with Crippen molar-refractivity contribution in [2.75, 3.05) is 18.4 Å². The van der Waals surface area contributed by atoms with Crippen LogP contribution in [0, 0.1) is 5.82 Å². The van der Waals surface area contributed by atoms with Crippen LogP contribution in [0.3, 0.4) is 0 Å². The summed E-state index contributed by atoms with van der Waals surface area (Å²) in [5.41, 5.74) is 1.47. The zero-order valence-electron chi connectivity index (χ0n) is 15.2. The van der Waals surface area contributed by atoms with E-state index < -0.39 is 0 Å². The van der Waals surface area contributed by atoms with Gasteiger partial charge in [-0.3, -0.25) is 0 Å². The van der Waals surface area contributed by atoms with Gasteiger partial charge in [-0.1, -0.05) is 32.1 Å². The van der Waals surface area contributed by atoms with Crippen LogP contribution in [0.2, 0.25) is 0 Å². The lowest BCUT2D eigenvalue weighted by atomic mass is 10.1. The van der Waals surface area contributed by atoms with E-state index in [0.29, 0.717) is 11.7 Å². The SMILES string of the molecule is CC.C\C=C/C(C)=N\N=C\N1CCC(Nc2ccccc2F)CC1. The summed E-state index contributed by atoms with van der Waals surface area (Å²) in [7, 11) is 0. The molecule has 0 aromatic heterocycles. The molecule has 0 bridgehead atoms. The first kappa shape index (κ1) is 19.9. The van der Waals surface area contributed by atoms with Gasteiger partial charge >= 0.3 is 0 Å². The van der Waals surface area contributed by atoms with Crippen LogP contribution < -0.4 is 5.32 Å². The number of hydrogen-bond donors (Lipinski definition) is 1. The molecular weight excluding hydrogens is 303 g/mol. The first-order valence-corrected chi connectivity index (χ1v) is 8.64. The average molecular weight is 332 g/mol. The van der Waals surface area contributed by atoms with Crippen molar-refractivity contribution < 1.29 is 4.39 Å². The molecule has 0 atom stereocenters. The molecule has 0 spiro atoms. The Morgan fingerprint density at radius 1 is 1.25 bits per heavy atom.